The Morgan fingerprint density at radius 3 is 2.77 bits per heavy atom. The fraction of sp³-hybridized carbons (Fsp3) is 0.250. The normalized spacial score (nSPS) is 11.8. The molecule has 0 unspecified atom stereocenters. The molecular formula is C16H16FNO4. The molecule has 0 aliphatic rings. The van der Waals surface area contributed by atoms with Gasteiger partial charge in [0.05, 0.1) is 17.9 Å². The van der Waals surface area contributed by atoms with Crippen molar-refractivity contribution in [3.05, 3.63) is 59.3 Å². The van der Waals surface area contributed by atoms with Crippen LogP contribution in [0.5, 0.6) is 0 Å². The molecule has 1 amide bonds. The maximum Gasteiger partial charge on any atom is 0.338 e. The number of benzene rings is 1. The first-order valence-electron chi connectivity index (χ1n) is 6.73. The molecule has 1 aromatic heterocycles. The van der Waals surface area contributed by atoms with Gasteiger partial charge in [-0.3, -0.25) is 4.79 Å². The number of carbonyl (C=O) groups excluding carboxylic acids is 2. The van der Waals surface area contributed by atoms with Crippen LogP contribution in [0, 0.1) is 12.7 Å². The van der Waals surface area contributed by atoms with Gasteiger partial charge in [-0.2, -0.15) is 0 Å². The fourth-order valence-electron chi connectivity index (χ4n) is 1.83. The standard InChI is InChI=1S/C16H16FNO4/c1-10-5-6-12(8-13(10)17)16(20)22-9-15(19)18-11(2)14-4-3-7-21-14/h3-8,11H,9H2,1-2H3,(H,18,19)/t11-/m1/s1. The number of halogens is 1. The minimum absolute atomic E-state index is 0.0648. The highest BCUT2D eigenvalue weighted by molar-refractivity contribution is 5.91. The summed E-state index contributed by atoms with van der Waals surface area (Å²) in [5, 5.41) is 2.63. The van der Waals surface area contributed by atoms with Gasteiger partial charge in [0.25, 0.3) is 5.91 Å². The van der Waals surface area contributed by atoms with Crippen molar-refractivity contribution < 1.29 is 23.1 Å². The molecule has 1 N–H and O–H groups in total. The van der Waals surface area contributed by atoms with E-state index in [2.05, 4.69) is 5.32 Å². The monoisotopic (exact) mass is 305 g/mol. The third-order valence-corrected chi connectivity index (χ3v) is 3.09. The Hall–Kier alpha value is -2.63. The number of nitrogens with one attached hydrogen (secondary N) is 1. The average molecular weight is 305 g/mol. The zero-order valence-electron chi connectivity index (χ0n) is 12.3. The Morgan fingerprint density at radius 2 is 2.14 bits per heavy atom. The molecule has 1 heterocycles. The van der Waals surface area contributed by atoms with Crippen molar-refractivity contribution in [1.29, 1.82) is 0 Å². The van der Waals surface area contributed by atoms with E-state index in [1.807, 2.05) is 0 Å². The van der Waals surface area contributed by atoms with Crippen molar-refractivity contribution in [3.63, 3.8) is 0 Å². The molecule has 0 fully saturated rings. The third kappa shape index (κ3) is 3.94. The molecule has 0 bridgehead atoms. The van der Waals surface area contributed by atoms with Crippen molar-refractivity contribution in [2.75, 3.05) is 6.61 Å². The summed E-state index contributed by atoms with van der Waals surface area (Å²) < 4.78 is 23.4. The van der Waals surface area contributed by atoms with E-state index < -0.39 is 24.3 Å². The van der Waals surface area contributed by atoms with Gasteiger partial charge >= 0.3 is 5.97 Å². The highest BCUT2D eigenvalue weighted by atomic mass is 19.1. The van der Waals surface area contributed by atoms with Gasteiger partial charge in [-0.05, 0) is 43.7 Å². The zero-order chi connectivity index (χ0) is 16.1. The summed E-state index contributed by atoms with van der Waals surface area (Å²) in [4.78, 5) is 23.4. The molecule has 0 saturated heterocycles. The third-order valence-electron chi connectivity index (χ3n) is 3.09. The fourth-order valence-corrected chi connectivity index (χ4v) is 1.83. The molecule has 6 heteroatoms. The summed E-state index contributed by atoms with van der Waals surface area (Å²) in [6.07, 6.45) is 1.50. The number of ether oxygens (including phenoxy) is 1. The van der Waals surface area contributed by atoms with E-state index in [-0.39, 0.29) is 11.6 Å². The van der Waals surface area contributed by atoms with E-state index in [9.17, 15) is 14.0 Å². The molecule has 2 aromatic rings. The maximum atomic E-state index is 13.4. The minimum atomic E-state index is -0.750. The van der Waals surface area contributed by atoms with Crippen molar-refractivity contribution >= 4 is 11.9 Å². The van der Waals surface area contributed by atoms with Crippen LogP contribution in [0.1, 0.15) is 34.6 Å². The Bertz CT molecular complexity index is 667. The SMILES string of the molecule is Cc1ccc(C(=O)OCC(=O)N[C@H](C)c2ccco2)cc1F. The van der Waals surface area contributed by atoms with Gasteiger partial charge in [0.1, 0.15) is 11.6 Å². The Kier molecular flexibility index (Phi) is 4.93. The van der Waals surface area contributed by atoms with E-state index in [4.69, 9.17) is 9.15 Å². The Morgan fingerprint density at radius 1 is 1.36 bits per heavy atom. The summed E-state index contributed by atoms with van der Waals surface area (Å²) in [5.41, 5.74) is 0.497. The molecule has 1 aromatic carbocycles. The van der Waals surface area contributed by atoms with Gasteiger partial charge < -0.3 is 14.5 Å². The number of furan rings is 1. The smallest absolute Gasteiger partial charge is 0.338 e. The predicted molar refractivity (Wildman–Crippen MR) is 76.7 cm³/mol. The number of hydrogen-bond donors (Lipinski definition) is 1. The van der Waals surface area contributed by atoms with E-state index in [1.165, 1.54) is 18.4 Å². The van der Waals surface area contributed by atoms with Gasteiger partial charge in [-0.25, -0.2) is 9.18 Å². The Balaban J connectivity index is 1.85. The molecule has 0 saturated carbocycles. The molecule has 1 atom stereocenters. The van der Waals surface area contributed by atoms with Crippen LogP contribution in [0.2, 0.25) is 0 Å². The Labute approximate surface area is 127 Å². The summed E-state index contributed by atoms with van der Waals surface area (Å²) in [5.74, 6) is -1.12. The van der Waals surface area contributed by atoms with Gasteiger partial charge in [0, 0.05) is 0 Å². The van der Waals surface area contributed by atoms with Crippen LogP contribution in [-0.2, 0) is 9.53 Å². The molecule has 5 nitrogen and oxygen atoms in total. The van der Waals surface area contributed by atoms with E-state index >= 15 is 0 Å². The molecule has 2 rings (SSSR count). The van der Waals surface area contributed by atoms with Gasteiger partial charge in [0.15, 0.2) is 6.61 Å². The first-order valence-corrected chi connectivity index (χ1v) is 6.73. The second-order valence-corrected chi connectivity index (χ2v) is 4.84. The zero-order valence-corrected chi connectivity index (χ0v) is 12.3. The lowest BCUT2D eigenvalue weighted by Crippen LogP contribution is -2.31. The summed E-state index contributed by atoms with van der Waals surface area (Å²) in [6, 6.07) is 7.12. The number of aryl methyl sites for hydroxylation is 1. The molecule has 0 aliphatic carbocycles. The van der Waals surface area contributed by atoms with Crippen molar-refractivity contribution in [3.8, 4) is 0 Å². The van der Waals surface area contributed by atoms with E-state index in [0.29, 0.717) is 11.3 Å². The number of amides is 1. The summed E-state index contributed by atoms with van der Waals surface area (Å²) in [6.45, 7) is 2.89. The molecule has 22 heavy (non-hydrogen) atoms. The lowest BCUT2D eigenvalue weighted by Gasteiger charge is -2.11. The van der Waals surface area contributed by atoms with Gasteiger partial charge in [0.2, 0.25) is 0 Å². The van der Waals surface area contributed by atoms with Crippen molar-refractivity contribution in [2.45, 2.75) is 19.9 Å². The first kappa shape index (κ1) is 15.8. The molecule has 0 aliphatic heterocycles. The van der Waals surface area contributed by atoms with Gasteiger partial charge in [-0.15, -0.1) is 0 Å². The van der Waals surface area contributed by atoms with Crippen LogP contribution in [-0.4, -0.2) is 18.5 Å². The average Bonchev–Trinajstić information content (AvgIpc) is 3.02. The largest absolute Gasteiger partial charge is 0.467 e. The van der Waals surface area contributed by atoms with Crippen molar-refractivity contribution in [2.24, 2.45) is 0 Å². The lowest BCUT2D eigenvalue weighted by atomic mass is 10.1. The molecule has 0 radical (unpaired) electrons. The lowest BCUT2D eigenvalue weighted by molar-refractivity contribution is -0.125. The van der Waals surface area contributed by atoms with E-state index in [1.54, 1.807) is 26.0 Å². The number of esters is 1. The van der Waals surface area contributed by atoms with Crippen molar-refractivity contribution in [1.82, 2.24) is 5.32 Å². The minimum Gasteiger partial charge on any atom is -0.467 e. The second-order valence-electron chi connectivity index (χ2n) is 4.84. The summed E-state index contributed by atoms with van der Waals surface area (Å²) >= 11 is 0. The second kappa shape index (κ2) is 6.89. The summed E-state index contributed by atoms with van der Waals surface area (Å²) in [7, 11) is 0. The van der Waals surface area contributed by atoms with Crippen LogP contribution in [0.3, 0.4) is 0 Å². The quantitative estimate of drug-likeness (QED) is 0.862. The number of hydrogen-bond acceptors (Lipinski definition) is 4. The maximum absolute atomic E-state index is 13.4. The molecular weight excluding hydrogens is 289 g/mol. The topological polar surface area (TPSA) is 68.5 Å². The van der Waals surface area contributed by atoms with Crippen LogP contribution in [0.4, 0.5) is 4.39 Å². The molecule has 116 valence electrons. The van der Waals surface area contributed by atoms with Crippen LogP contribution in [0.25, 0.3) is 0 Å². The predicted octanol–water partition coefficient (Wildman–Crippen LogP) is 2.76. The molecule has 0 spiro atoms. The highest BCUT2D eigenvalue weighted by Gasteiger charge is 2.15. The van der Waals surface area contributed by atoms with E-state index in [0.717, 1.165) is 6.07 Å². The van der Waals surface area contributed by atoms with Crippen LogP contribution < -0.4 is 5.32 Å². The van der Waals surface area contributed by atoms with Crippen LogP contribution in [0.15, 0.2) is 41.0 Å². The van der Waals surface area contributed by atoms with Gasteiger partial charge in [-0.1, -0.05) is 6.07 Å². The van der Waals surface area contributed by atoms with Crippen LogP contribution >= 0.6 is 0 Å². The first-order chi connectivity index (χ1) is 10.5. The highest BCUT2D eigenvalue weighted by Crippen LogP contribution is 2.12. The number of rotatable bonds is 5. The number of carbonyl (C=O) groups is 2.